The third-order valence-electron chi connectivity index (χ3n) is 1.66. The van der Waals surface area contributed by atoms with E-state index in [2.05, 4.69) is 12.2 Å². The second kappa shape index (κ2) is 8.71. The Morgan fingerprint density at radius 2 is 2.25 bits per heavy atom. The van der Waals surface area contributed by atoms with Crippen molar-refractivity contribution in [3.8, 4) is 0 Å². The summed E-state index contributed by atoms with van der Waals surface area (Å²) < 4.78 is 0. The molecular formula is C9H21N3. The molecule has 0 spiro atoms. The van der Waals surface area contributed by atoms with E-state index in [0.717, 1.165) is 25.9 Å². The highest BCUT2D eigenvalue weighted by Crippen LogP contribution is 1.94. The molecule has 3 heteroatoms. The Labute approximate surface area is 75.2 Å². The Morgan fingerprint density at radius 1 is 1.50 bits per heavy atom. The van der Waals surface area contributed by atoms with Crippen molar-refractivity contribution in [2.45, 2.75) is 25.8 Å². The molecule has 0 aliphatic carbocycles. The Bertz CT molecular complexity index is 112. The molecule has 0 aromatic rings. The Hall–Kier alpha value is -0.380. The highest BCUT2D eigenvalue weighted by atomic mass is 14.8. The number of hydrogen-bond acceptors (Lipinski definition) is 3. The maximum atomic E-state index is 5.77. The molecule has 72 valence electrons. The van der Waals surface area contributed by atoms with Gasteiger partial charge < -0.3 is 16.8 Å². The minimum atomic E-state index is 0.173. The van der Waals surface area contributed by atoms with E-state index in [-0.39, 0.29) is 6.04 Å². The zero-order chi connectivity index (χ0) is 9.23. The van der Waals surface area contributed by atoms with Crippen LogP contribution in [0.5, 0.6) is 0 Å². The molecule has 5 N–H and O–H groups in total. The van der Waals surface area contributed by atoms with Crippen molar-refractivity contribution in [2.24, 2.45) is 11.5 Å². The van der Waals surface area contributed by atoms with Crippen LogP contribution in [0.1, 0.15) is 19.8 Å². The van der Waals surface area contributed by atoms with Gasteiger partial charge in [-0.1, -0.05) is 19.1 Å². The monoisotopic (exact) mass is 171 g/mol. The second-order valence-corrected chi connectivity index (χ2v) is 2.82. The van der Waals surface area contributed by atoms with Gasteiger partial charge in [-0.05, 0) is 25.9 Å². The summed E-state index contributed by atoms with van der Waals surface area (Å²) in [7, 11) is 0. The molecule has 0 saturated carbocycles. The lowest BCUT2D eigenvalue weighted by molar-refractivity contribution is 0.609. The summed E-state index contributed by atoms with van der Waals surface area (Å²) in [6, 6.07) is 0.173. The van der Waals surface area contributed by atoms with Gasteiger partial charge >= 0.3 is 0 Å². The number of hydrogen-bond donors (Lipinski definition) is 3. The first-order valence-electron chi connectivity index (χ1n) is 4.64. The molecule has 0 rings (SSSR count). The third kappa shape index (κ3) is 7.72. The average molecular weight is 171 g/mol. The molecule has 0 bridgehead atoms. The fourth-order valence-corrected chi connectivity index (χ4v) is 0.989. The molecule has 3 nitrogen and oxygen atoms in total. The summed E-state index contributed by atoms with van der Waals surface area (Å²) in [6.45, 7) is 4.78. The predicted molar refractivity (Wildman–Crippen MR) is 53.9 cm³/mol. The molecule has 0 aliphatic heterocycles. The van der Waals surface area contributed by atoms with Gasteiger partial charge in [-0.25, -0.2) is 0 Å². The fourth-order valence-electron chi connectivity index (χ4n) is 0.989. The van der Waals surface area contributed by atoms with Crippen LogP contribution in [-0.2, 0) is 0 Å². The third-order valence-corrected chi connectivity index (χ3v) is 1.66. The highest BCUT2D eigenvalue weighted by molar-refractivity contribution is 4.91. The van der Waals surface area contributed by atoms with Crippen molar-refractivity contribution in [3.63, 3.8) is 0 Å². The average Bonchev–Trinajstić information content (AvgIpc) is 2.09. The molecule has 0 heterocycles. The molecule has 1 atom stereocenters. The van der Waals surface area contributed by atoms with Crippen LogP contribution < -0.4 is 16.8 Å². The minimum Gasteiger partial charge on any atom is -0.327 e. The lowest BCUT2D eigenvalue weighted by Crippen LogP contribution is -2.21. The standard InChI is InChI=1S/C9H21N3/c1-2-12-8-4-6-9(11)5-3-7-10/h3,5,9,12H,2,4,6-8,10-11H2,1H3. The smallest absolute Gasteiger partial charge is 0.0224 e. The van der Waals surface area contributed by atoms with Crippen LogP contribution in [-0.4, -0.2) is 25.7 Å². The summed E-state index contributed by atoms with van der Waals surface area (Å²) in [6.07, 6.45) is 6.05. The van der Waals surface area contributed by atoms with Crippen molar-refractivity contribution in [1.82, 2.24) is 5.32 Å². The van der Waals surface area contributed by atoms with Crippen molar-refractivity contribution < 1.29 is 0 Å². The summed E-state index contributed by atoms with van der Waals surface area (Å²) in [5.41, 5.74) is 11.1. The van der Waals surface area contributed by atoms with Crippen molar-refractivity contribution in [1.29, 1.82) is 0 Å². The first-order chi connectivity index (χ1) is 5.81. The Morgan fingerprint density at radius 3 is 2.83 bits per heavy atom. The Balaban J connectivity index is 3.19. The number of nitrogens with two attached hydrogens (primary N) is 2. The van der Waals surface area contributed by atoms with E-state index in [1.165, 1.54) is 0 Å². The molecule has 0 aromatic carbocycles. The topological polar surface area (TPSA) is 64.1 Å². The minimum absolute atomic E-state index is 0.173. The Kier molecular flexibility index (Phi) is 8.44. The molecule has 12 heavy (non-hydrogen) atoms. The van der Waals surface area contributed by atoms with E-state index < -0.39 is 0 Å². The fraction of sp³-hybridized carbons (Fsp3) is 0.778. The van der Waals surface area contributed by atoms with Crippen LogP contribution in [0.4, 0.5) is 0 Å². The van der Waals surface area contributed by atoms with E-state index in [4.69, 9.17) is 11.5 Å². The molecule has 0 radical (unpaired) electrons. The van der Waals surface area contributed by atoms with E-state index in [0.29, 0.717) is 6.54 Å². The second-order valence-electron chi connectivity index (χ2n) is 2.82. The van der Waals surface area contributed by atoms with Gasteiger partial charge in [0.15, 0.2) is 0 Å². The summed E-state index contributed by atoms with van der Waals surface area (Å²) >= 11 is 0. The molecule has 0 saturated heterocycles. The van der Waals surface area contributed by atoms with E-state index >= 15 is 0 Å². The van der Waals surface area contributed by atoms with E-state index in [1.807, 2.05) is 12.2 Å². The van der Waals surface area contributed by atoms with Gasteiger partial charge in [-0.15, -0.1) is 0 Å². The van der Waals surface area contributed by atoms with Gasteiger partial charge in [0.1, 0.15) is 0 Å². The van der Waals surface area contributed by atoms with Crippen LogP contribution in [0.2, 0.25) is 0 Å². The van der Waals surface area contributed by atoms with E-state index in [1.54, 1.807) is 0 Å². The van der Waals surface area contributed by atoms with Crippen molar-refractivity contribution >= 4 is 0 Å². The first-order valence-corrected chi connectivity index (χ1v) is 4.64. The summed E-state index contributed by atoms with van der Waals surface area (Å²) in [4.78, 5) is 0. The summed E-state index contributed by atoms with van der Waals surface area (Å²) in [5.74, 6) is 0. The zero-order valence-corrected chi connectivity index (χ0v) is 7.92. The SMILES string of the molecule is CCNCCCC(N)C=CCN. The molecule has 0 fully saturated rings. The number of rotatable bonds is 7. The van der Waals surface area contributed by atoms with Gasteiger partial charge in [0, 0.05) is 12.6 Å². The predicted octanol–water partition coefficient (Wildman–Crippen LogP) is 0.218. The molecule has 1 unspecified atom stereocenters. The van der Waals surface area contributed by atoms with Crippen molar-refractivity contribution in [3.05, 3.63) is 12.2 Å². The van der Waals surface area contributed by atoms with Gasteiger partial charge in [-0.3, -0.25) is 0 Å². The molecule has 0 aromatic heterocycles. The van der Waals surface area contributed by atoms with Gasteiger partial charge in [0.2, 0.25) is 0 Å². The quantitative estimate of drug-likeness (QED) is 0.379. The maximum Gasteiger partial charge on any atom is 0.0224 e. The van der Waals surface area contributed by atoms with Crippen LogP contribution in [0.3, 0.4) is 0 Å². The highest BCUT2D eigenvalue weighted by Gasteiger charge is 1.95. The molecule has 0 amide bonds. The largest absolute Gasteiger partial charge is 0.327 e. The summed E-state index contributed by atoms with van der Waals surface area (Å²) in [5, 5.41) is 3.26. The first kappa shape index (κ1) is 11.6. The van der Waals surface area contributed by atoms with Crippen LogP contribution >= 0.6 is 0 Å². The maximum absolute atomic E-state index is 5.77. The lowest BCUT2D eigenvalue weighted by atomic mass is 10.1. The lowest BCUT2D eigenvalue weighted by Gasteiger charge is -2.05. The van der Waals surface area contributed by atoms with E-state index in [9.17, 15) is 0 Å². The molecular weight excluding hydrogens is 150 g/mol. The zero-order valence-electron chi connectivity index (χ0n) is 7.92. The number of nitrogens with one attached hydrogen (secondary N) is 1. The van der Waals surface area contributed by atoms with Crippen LogP contribution in [0.15, 0.2) is 12.2 Å². The van der Waals surface area contributed by atoms with Gasteiger partial charge in [0.25, 0.3) is 0 Å². The van der Waals surface area contributed by atoms with Crippen molar-refractivity contribution in [2.75, 3.05) is 19.6 Å². The van der Waals surface area contributed by atoms with Gasteiger partial charge in [0.05, 0.1) is 0 Å². The van der Waals surface area contributed by atoms with Gasteiger partial charge in [-0.2, -0.15) is 0 Å². The van der Waals surface area contributed by atoms with Crippen LogP contribution in [0, 0.1) is 0 Å². The van der Waals surface area contributed by atoms with Crippen LogP contribution in [0.25, 0.3) is 0 Å². The molecule has 0 aliphatic rings. The normalized spacial score (nSPS) is 13.9.